The number of hydrogen-bond acceptors (Lipinski definition) is 5. The van der Waals surface area contributed by atoms with Crippen LogP contribution in [0.4, 0.5) is 5.13 Å². The van der Waals surface area contributed by atoms with Crippen LogP contribution in [0.25, 0.3) is 0 Å². The average molecular weight is 407 g/mol. The van der Waals surface area contributed by atoms with Crippen LogP contribution >= 0.6 is 50.6 Å². The van der Waals surface area contributed by atoms with E-state index in [2.05, 4.69) is 45.3 Å². The molecule has 1 atom stereocenters. The van der Waals surface area contributed by atoms with Crippen molar-refractivity contribution in [3.63, 3.8) is 0 Å². The van der Waals surface area contributed by atoms with Gasteiger partial charge in [0.2, 0.25) is 5.13 Å². The Morgan fingerprint density at radius 1 is 1.52 bits per heavy atom. The third-order valence-corrected chi connectivity index (χ3v) is 5.69. The molecule has 0 radical (unpaired) electrons. The Balaban J connectivity index is 2.08. The van der Waals surface area contributed by atoms with Crippen LogP contribution < -0.4 is 5.32 Å². The lowest BCUT2D eigenvalue weighted by Gasteiger charge is -2.04. The molecular formula is C13H13BrClN3OS2. The molecule has 1 aromatic carbocycles. The second kappa shape index (κ2) is 7.58. The molecule has 0 saturated carbocycles. The van der Waals surface area contributed by atoms with E-state index in [0.29, 0.717) is 21.0 Å². The normalized spacial score (nSPS) is 12.2. The lowest BCUT2D eigenvalue weighted by Crippen LogP contribution is -2.12. The zero-order valence-corrected chi connectivity index (χ0v) is 15.4. The van der Waals surface area contributed by atoms with E-state index >= 15 is 0 Å². The molecule has 0 saturated heterocycles. The second-order valence-electron chi connectivity index (χ2n) is 4.29. The number of amides is 1. The van der Waals surface area contributed by atoms with Crippen LogP contribution in [0.5, 0.6) is 0 Å². The van der Waals surface area contributed by atoms with Gasteiger partial charge in [-0.1, -0.05) is 64.5 Å². The zero-order valence-electron chi connectivity index (χ0n) is 11.4. The SMILES string of the molecule is CC[C@H](C)Sc1nnc(NC(=O)c2cc(Br)ccc2Cl)s1. The van der Waals surface area contributed by atoms with E-state index in [1.54, 1.807) is 30.0 Å². The minimum Gasteiger partial charge on any atom is -0.296 e. The van der Waals surface area contributed by atoms with Gasteiger partial charge in [-0.2, -0.15) is 0 Å². The van der Waals surface area contributed by atoms with Crippen molar-refractivity contribution in [1.29, 1.82) is 0 Å². The summed E-state index contributed by atoms with van der Waals surface area (Å²) in [6.45, 7) is 4.25. The molecule has 1 aromatic heterocycles. The number of anilines is 1. The van der Waals surface area contributed by atoms with E-state index in [0.717, 1.165) is 15.2 Å². The largest absolute Gasteiger partial charge is 0.296 e. The molecule has 4 nitrogen and oxygen atoms in total. The first-order chi connectivity index (χ1) is 9.99. The number of aromatic nitrogens is 2. The average Bonchev–Trinajstić information content (AvgIpc) is 2.88. The number of hydrogen-bond donors (Lipinski definition) is 1. The Bertz CT molecular complexity index is 650. The molecule has 0 aliphatic carbocycles. The number of carbonyl (C=O) groups excluding carboxylic acids is 1. The van der Waals surface area contributed by atoms with Crippen molar-refractivity contribution in [2.45, 2.75) is 29.9 Å². The van der Waals surface area contributed by atoms with Crippen LogP contribution in [-0.4, -0.2) is 21.4 Å². The Labute approximate surface area is 144 Å². The summed E-state index contributed by atoms with van der Waals surface area (Å²) in [7, 11) is 0. The molecule has 0 bridgehead atoms. The van der Waals surface area contributed by atoms with E-state index in [1.165, 1.54) is 11.3 Å². The summed E-state index contributed by atoms with van der Waals surface area (Å²) in [6, 6.07) is 5.13. The van der Waals surface area contributed by atoms with Crippen LogP contribution in [-0.2, 0) is 0 Å². The predicted molar refractivity (Wildman–Crippen MR) is 92.6 cm³/mol. The Morgan fingerprint density at radius 3 is 3.00 bits per heavy atom. The summed E-state index contributed by atoms with van der Waals surface area (Å²) in [5, 5.41) is 12.1. The van der Waals surface area contributed by atoms with Crippen LogP contribution in [0.2, 0.25) is 5.02 Å². The number of halogens is 2. The number of thioether (sulfide) groups is 1. The lowest BCUT2D eigenvalue weighted by molar-refractivity contribution is 0.102. The van der Waals surface area contributed by atoms with Gasteiger partial charge >= 0.3 is 0 Å². The highest BCUT2D eigenvalue weighted by Crippen LogP contribution is 2.30. The Hall–Kier alpha value is -0.630. The molecule has 112 valence electrons. The van der Waals surface area contributed by atoms with Gasteiger partial charge < -0.3 is 0 Å². The first-order valence-corrected chi connectivity index (χ1v) is 9.13. The van der Waals surface area contributed by atoms with E-state index in [-0.39, 0.29) is 5.91 Å². The smallest absolute Gasteiger partial charge is 0.259 e. The minimum atomic E-state index is -0.294. The van der Waals surface area contributed by atoms with Gasteiger partial charge in [0.15, 0.2) is 4.34 Å². The monoisotopic (exact) mass is 405 g/mol. The molecule has 1 amide bonds. The summed E-state index contributed by atoms with van der Waals surface area (Å²) in [4.78, 5) is 12.2. The molecule has 0 spiro atoms. The first kappa shape index (κ1) is 16.7. The van der Waals surface area contributed by atoms with Crippen molar-refractivity contribution in [3.05, 3.63) is 33.3 Å². The molecule has 1 N–H and O–H groups in total. The van der Waals surface area contributed by atoms with Crippen molar-refractivity contribution < 1.29 is 4.79 Å². The molecule has 1 heterocycles. The van der Waals surface area contributed by atoms with Gasteiger partial charge in [0.1, 0.15) is 0 Å². The van der Waals surface area contributed by atoms with E-state index < -0.39 is 0 Å². The molecule has 0 unspecified atom stereocenters. The maximum absolute atomic E-state index is 12.2. The summed E-state index contributed by atoms with van der Waals surface area (Å²) in [6.07, 6.45) is 1.06. The number of carbonyl (C=O) groups is 1. The Kier molecular flexibility index (Phi) is 6.04. The Morgan fingerprint density at radius 2 is 2.29 bits per heavy atom. The molecule has 0 aliphatic rings. The van der Waals surface area contributed by atoms with Crippen molar-refractivity contribution >= 4 is 61.7 Å². The van der Waals surface area contributed by atoms with Gasteiger partial charge in [0.25, 0.3) is 5.91 Å². The minimum absolute atomic E-state index is 0.294. The van der Waals surface area contributed by atoms with Gasteiger partial charge in [0.05, 0.1) is 10.6 Å². The molecule has 2 rings (SSSR count). The molecule has 21 heavy (non-hydrogen) atoms. The first-order valence-electron chi connectivity index (χ1n) is 6.26. The van der Waals surface area contributed by atoms with Crippen molar-refractivity contribution in [3.8, 4) is 0 Å². The van der Waals surface area contributed by atoms with Crippen LogP contribution in [0.15, 0.2) is 27.0 Å². The molecule has 2 aromatic rings. The fourth-order valence-electron chi connectivity index (χ4n) is 1.40. The summed E-state index contributed by atoms with van der Waals surface area (Å²) < 4.78 is 1.64. The maximum atomic E-state index is 12.2. The van der Waals surface area contributed by atoms with E-state index in [1.807, 2.05) is 0 Å². The van der Waals surface area contributed by atoms with Crippen LogP contribution in [0, 0.1) is 0 Å². The summed E-state index contributed by atoms with van der Waals surface area (Å²) in [5.41, 5.74) is 0.400. The number of benzene rings is 1. The van der Waals surface area contributed by atoms with Crippen molar-refractivity contribution in [1.82, 2.24) is 10.2 Å². The van der Waals surface area contributed by atoms with Gasteiger partial charge in [0, 0.05) is 9.72 Å². The maximum Gasteiger partial charge on any atom is 0.259 e. The number of rotatable bonds is 5. The lowest BCUT2D eigenvalue weighted by atomic mass is 10.2. The van der Waals surface area contributed by atoms with Gasteiger partial charge in [-0.3, -0.25) is 10.1 Å². The van der Waals surface area contributed by atoms with Crippen molar-refractivity contribution in [2.24, 2.45) is 0 Å². The van der Waals surface area contributed by atoms with E-state index in [4.69, 9.17) is 11.6 Å². The van der Waals surface area contributed by atoms with Crippen molar-refractivity contribution in [2.75, 3.05) is 5.32 Å². The highest BCUT2D eigenvalue weighted by molar-refractivity contribution is 9.10. The summed E-state index contributed by atoms with van der Waals surface area (Å²) in [5.74, 6) is -0.294. The molecule has 8 heteroatoms. The standard InChI is InChI=1S/C13H13BrClN3OS2/c1-3-7(2)20-13-18-17-12(21-13)16-11(19)9-6-8(14)4-5-10(9)15/h4-7H,3H2,1-2H3,(H,16,17,19)/t7-/m0/s1. The van der Waals surface area contributed by atoms with Gasteiger partial charge in [-0.15, -0.1) is 10.2 Å². The van der Waals surface area contributed by atoms with Crippen LogP contribution in [0.3, 0.4) is 0 Å². The molecular weight excluding hydrogens is 394 g/mol. The molecule has 0 fully saturated rings. The summed E-state index contributed by atoms with van der Waals surface area (Å²) >= 11 is 12.4. The second-order valence-corrected chi connectivity index (χ2v) is 8.27. The van der Waals surface area contributed by atoms with Gasteiger partial charge in [-0.25, -0.2) is 0 Å². The fourth-order valence-corrected chi connectivity index (χ4v) is 3.96. The molecule has 0 aliphatic heterocycles. The third kappa shape index (κ3) is 4.67. The van der Waals surface area contributed by atoms with Crippen LogP contribution in [0.1, 0.15) is 30.6 Å². The fraction of sp³-hybridized carbons (Fsp3) is 0.308. The van der Waals surface area contributed by atoms with E-state index in [9.17, 15) is 4.79 Å². The number of nitrogens with zero attached hydrogens (tertiary/aromatic N) is 2. The highest BCUT2D eigenvalue weighted by Gasteiger charge is 2.14. The zero-order chi connectivity index (χ0) is 15.4. The third-order valence-electron chi connectivity index (χ3n) is 2.68. The predicted octanol–water partition coefficient (Wildman–Crippen LogP) is 5.10. The number of nitrogens with one attached hydrogen (secondary N) is 1. The topological polar surface area (TPSA) is 54.9 Å². The van der Waals surface area contributed by atoms with Gasteiger partial charge in [-0.05, 0) is 24.6 Å². The highest BCUT2D eigenvalue weighted by atomic mass is 79.9. The quantitative estimate of drug-likeness (QED) is 0.554.